The van der Waals surface area contributed by atoms with Crippen molar-refractivity contribution in [1.82, 2.24) is 42.5 Å². The van der Waals surface area contributed by atoms with Crippen molar-refractivity contribution in [3.63, 3.8) is 0 Å². The van der Waals surface area contributed by atoms with E-state index >= 15 is 0 Å². The van der Waals surface area contributed by atoms with E-state index in [2.05, 4.69) is 52.5 Å². The van der Waals surface area contributed by atoms with Gasteiger partial charge in [-0.3, -0.25) is 53.1 Å². The monoisotopic (exact) mass is 986 g/mol. The molecule has 0 saturated heterocycles. The lowest BCUT2D eigenvalue weighted by molar-refractivity contribution is -0.143. The van der Waals surface area contributed by atoms with Crippen LogP contribution in [0.4, 0.5) is 0 Å². The fourth-order valence-electron chi connectivity index (χ4n) is 6.29. The molecule has 69 heavy (non-hydrogen) atoms. The van der Waals surface area contributed by atoms with Gasteiger partial charge in [0.15, 0.2) is 11.9 Å². The third kappa shape index (κ3) is 24.1. The number of aliphatic imine (C=N–C) groups is 2. The molecule has 0 radical (unpaired) electrons. The van der Waals surface area contributed by atoms with Gasteiger partial charge < -0.3 is 86.5 Å². The maximum atomic E-state index is 14.0. The summed E-state index contributed by atoms with van der Waals surface area (Å²) in [5.41, 5.74) is 26.8. The van der Waals surface area contributed by atoms with Crippen molar-refractivity contribution in [2.45, 2.75) is 142 Å². The van der Waals surface area contributed by atoms with Crippen LogP contribution in [0.1, 0.15) is 93.4 Å². The number of hydrogen-bond acceptors (Lipinski definition) is 14. The summed E-state index contributed by atoms with van der Waals surface area (Å²) in [6.45, 7) is 9.88. The van der Waals surface area contributed by atoms with Gasteiger partial charge in [0, 0.05) is 13.1 Å². The molecule has 0 heterocycles. The number of carbonyl (C=O) groups excluding carboxylic acids is 8. The first-order valence-corrected chi connectivity index (χ1v) is 22.5. The molecule has 10 unspecified atom stereocenters. The summed E-state index contributed by atoms with van der Waals surface area (Å²) < 4.78 is 0. The number of nitrogens with two attached hydrogens (primary N) is 5. The maximum absolute atomic E-state index is 14.0. The summed E-state index contributed by atoms with van der Waals surface area (Å²) in [6, 6.07) is -10.1. The van der Waals surface area contributed by atoms with E-state index in [9.17, 15) is 58.2 Å². The number of nitrogens with one attached hydrogen (secondary N) is 8. The molecule has 0 aromatic rings. The fraction of sp³-hybridized carbons (Fsp3) is 0.707. The number of guanidine groups is 2. The highest BCUT2D eigenvalue weighted by molar-refractivity contribution is 5.98. The zero-order valence-electron chi connectivity index (χ0n) is 40.3. The van der Waals surface area contributed by atoms with E-state index in [1.54, 1.807) is 41.5 Å². The van der Waals surface area contributed by atoms with Gasteiger partial charge in [0.05, 0.1) is 25.6 Å². The minimum Gasteiger partial charge on any atom is -0.481 e. The van der Waals surface area contributed by atoms with E-state index in [1.807, 2.05) is 0 Å². The molecule has 0 rings (SSSR count). The Morgan fingerprint density at radius 3 is 1.39 bits per heavy atom. The summed E-state index contributed by atoms with van der Waals surface area (Å²) in [5, 5.41) is 49.1. The van der Waals surface area contributed by atoms with Gasteiger partial charge in [-0.15, -0.1) is 0 Å². The van der Waals surface area contributed by atoms with Crippen LogP contribution in [-0.2, 0) is 47.9 Å². The quantitative estimate of drug-likeness (QED) is 0.0165. The van der Waals surface area contributed by atoms with E-state index in [-0.39, 0.29) is 50.7 Å². The SMILES string of the molecule is CCC(C)C(NC(=O)C(CCCN=C(N)N)NC(=O)C(NC(=O)C(NC(=O)C(NC(=O)CNC(=O)C(CC(=O)O)NC(=O)CN)C(C)C)C(C)CC)C(C)O)C(=O)NC(CCCN=C(N)N)C(=O)O. The predicted molar refractivity (Wildman–Crippen MR) is 251 cm³/mol. The van der Waals surface area contributed by atoms with E-state index in [0.29, 0.717) is 12.8 Å². The molecule has 0 bridgehead atoms. The molecule has 0 aliphatic carbocycles. The molecule has 392 valence electrons. The highest BCUT2D eigenvalue weighted by atomic mass is 16.4. The standard InChI is InChI=1S/C41H75N15O13/c1-8-20(5)30(36(65)52-24(39(68)69)13-11-15-48-41(45)46)54-34(63)23(12-10-14-47-40(43)44)51-38(67)32(22(7)57)56-37(66)31(21(6)9-2)55-35(64)29(19(3)4)53-27(59)18-49-33(62)25(16-28(60)61)50-26(58)17-42/h19-25,29-32,57H,8-18,42H2,1-7H3,(H,49,62)(H,50,58)(H,51,67)(H,52,65)(H,53,59)(H,54,63)(H,55,64)(H,56,66)(H,60,61)(H,68,69)(H4,43,44,47)(H4,45,46,48). The van der Waals surface area contributed by atoms with Gasteiger partial charge in [0.2, 0.25) is 47.3 Å². The second-order valence-corrected chi connectivity index (χ2v) is 16.8. The van der Waals surface area contributed by atoms with Gasteiger partial charge >= 0.3 is 11.9 Å². The Bertz CT molecular complexity index is 1820. The zero-order chi connectivity index (χ0) is 53.1. The van der Waals surface area contributed by atoms with Crippen LogP contribution in [-0.4, -0.2) is 161 Å². The van der Waals surface area contributed by atoms with Crippen LogP contribution in [0, 0.1) is 17.8 Å². The summed E-state index contributed by atoms with van der Waals surface area (Å²) in [4.78, 5) is 137. The minimum atomic E-state index is -1.73. The van der Waals surface area contributed by atoms with Gasteiger partial charge in [-0.25, -0.2) is 4.79 Å². The van der Waals surface area contributed by atoms with Crippen molar-refractivity contribution < 1.29 is 63.3 Å². The molecule has 8 amide bonds. The van der Waals surface area contributed by atoms with Gasteiger partial charge in [0.1, 0.15) is 42.3 Å². The summed E-state index contributed by atoms with van der Waals surface area (Å²) in [5.74, 6) is -12.2. The number of carboxylic acids is 2. The Hall–Kier alpha value is -6.84. The Morgan fingerprint density at radius 2 is 0.957 bits per heavy atom. The van der Waals surface area contributed by atoms with E-state index < -0.39 is 145 Å². The normalized spacial score (nSPS) is 15.3. The number of amides is 8. The second-order valence-electron chi connectivity index (χ2n) is 16.8. The number of rotatable bonds is 33. The molecular weight excluding hydrogens is 911 g/mol. The van der Waals surface area contributed by atoms with Gasteiger partial charge in [0.25, 0.3) is 0 Å². The van der Waals surface area contributed by atoms with Crippen molar-refractivity contribution in [1.29, 1.82) is 0 Å². The molecule has 0 aromatic heterocycles. The molecule has 28 nitrogen and oxygen atoms in total. The first kappa shape index (κ1) is 62.2. The third-order valence-electron chi connectivity index (χ3n) is 10.7. The minimum absolute atomic E-state index is 0.0128. The average Bonchev–Trinajstić information content (AvgIpc) is 3.27. The molecule has 0 aromatic carbocycles. The number of hydrogen-bond donors (Lipinski definition) is 16. The number of aliphatic hydroxyl groups is 1. The summed E-state index contributed by atoms with van der Waals surface area (Å²) in [6.07, 6.45) is -1.62. The van der Waals surface area contributed by atoms with E-state index in [0.717, 1.165) is 0 Å². The lowest BCUT2D eigenvalue weighted by Crippen LogP contribution is -2.63. The first-order chi connectivity index (χ1) is 32.2. The van der Waals surface area contributed by atoms with Gasteiger partial charge in [-0.1, -0.05) is 54.4 Å². The smallest absolute Gasteiger partial charge is 0.326 e. The molecule has 21 N–H and O–H groups in total. The molecule has 0 fully saturated rings. The molecule has 0 aliphatic heterocycles. The van der Waals surface area contributed by atoms with Crippen molar-refractivity contribution >= 4 is 71.1 Å². The highest BCUT2D eigenvalue weighted by Crippen LogP contribution is 2.14. The summed E-state index contributed by atoms with van der Waals surface area (Å²) >= 11 is 0. The van der Waals surface area contributed by atoms with Gasteiger partial charge in [-0.2, -0.15) is 0 Å². The Morgan fingerprint density at radius 1 is 0.522 bits per heavy atom. The number of carbonyl (C=O) groups is 10. The van der Waals surface area contributed by atoms with Crippen LogP contribution in [0.2, 0.25) is 0 Å². The molecular formula is C41H75N15O13. The lowest BCUT2D eigenvalue weighted by Gasteiger charge is -2.31. The second kappa shape index (κ2) is 32.0. The highest BCUT2D eigenvalue weighted by Gasteiger charge is 2.37. The number of aliphatic hydroxyl groups excluding tert-OH is 1. The largest absolute Gasteiger partial charge is 0.481 e. The zero-order valence-corrected chi connectivity index (χ0v) is 40.3. The Balaban J connectivity index is 6.41. The van der Waals surface area contributed by atoms with Crippen LogP contribution in [0.15, 0.2) is 9.98 Å². The first-order valence-electron chi connectivity index (χ1n) is 22.5. The van der Waals surface area contributed by atoms with Crippen molar-refractivity contribution in [3.8, 4) is 0 Å². The lowest BCUT2D eigenvalue weighted by atomic mass is 9.95. The topological polar surface area (TPSA) is 482 Å². The third-order valence-corrected chi connectivity index (χ3v) is 10.7. The average molecular weight is 986 g/mol. The molecule has 10 atom stereocenters. The molecule has 0 saturated carbocycles. The van der Waals surface area contributed by atoms with Crippen LogP contribution in [0.5, 0.6) is 0 Å². The Labute approximate surface area is 400 Å². The van der Waals surface area contributed by atoms with Crippen LogP contribution < -0.4 is 71.2 Å². The van der Waals surface area contributed by atoms with E-state index in [1.165, 1.54) is 6.92 Å². The van der Waals surface area contributed by atoms with E-state index in [4.69, 9.17) is 33.8 Å². The van der Waals surface area contributed by atoms with Crippen LogP contribution >= 0.6 is 0 Å². The van der Waals surface area contributed by atoms with Crippen molar-refractivity contribution in [2.75, 3.05) is 26.2 Å². The Kier molecular flexibility index (Phi) is 28.8. The van der Waals surface area contributed by atoms with Gasteiger partial charge in [-0.05, 0) is 50.4 Å². The van der Waals surface area contributed by atoms with Crippen molar-refractivity contribution in [3.05, 3.63) is 0 Å². The molecule has 28 heteroatoms. The predicted octanol–water partition coefficient (Wildman–Crippen LogP) is -5.75. The number of nitrogens with zero attached hydrogens (tertiary/aromatic N) is 2. The molecule has 0 spiro atoms. The summed E-state index contributed by atoms with van der Waals surface area (Å²) in [7, 11) is 0. The van der Waals surface area contributed by atoms with Crippen LogP contribution in [0.25, 0.3) is 0 Å². The number of aliphatic carboxylic acids is 2. The fourth-order valence-corrected chi connectivity index (χ4v) is 6.29. The van der Waals surface area contributed by atoms with Crippen molar-refractivity contribution in [2.24, 2.45) is 56.4 Å². The maximum Gasteiger partial charge on any atom is 0.326 e. The number of carboxylic acid groups (broad SMARTS) is 2. The van der Waals surface area contributed by atoms with Crippen LogP contribution in [0.3, 0.4) is 0 Å². The molecule has 0 aliphatic rings.